The van der Waals surface area contributed by atoms with Crippen molar-refractivity contribution < 1.29 is 4.79 Å². The van der Waals surface area contributed by atoms with Crippen molar-refractivity contribution in [2.24, 2.45) is 11.8 Å². The molecule has 1 nitrogen and oxygen atoms in total. The van der Waals surface area contributed by atoms with Crippen LogP contribution in [0, 0.1) is 18.8 Å². The minimum Gasteiger partial charge on any atom is -0.303 e. The summed E-state index contributed by atoms with van der Waals surface area (Å²) < 4.78 is 0. The summed E-state index contributed by atoms with van der Waals surface area (Å²) in [6.45, 7) is 9.95. The van der Waals surface area contributed by atoms with E-state index < -0.39 is 0 Å². The molecule has 0 aromatic rings. The van der Waals surface area contributed by atoms with Crippen molar-refractivity contribution in [2.75, 3.05) is 0 Å². The molecular weight excluding hydrogens is 136 g/mol. The maximum atomic E-state index is 10.2. The summed E-state index contributed by atoms with van der Waals surface area (Å²) in [5, 5.41) is 0. The second kappa shape index (κ2) is 6.38. The number of hydrogen-bond acceptors (Lipinski definition) is 1. The average Bonchev–Trinajstić information content (AvgIpc) is 2.03. The Bertz CT molecular complexity index is 99.0. The lowest BCUT2D eigenvalue weighted by Crippen LogP contribution is -2.05. The van der Waals surface area contributed by atoms with Gasteiger partial charge in [-0.15, -0.1) is 0 Å². The molecule has 0 saturated heterocycles. The van der Waals surface area contributed by atoms with E-state index in [4.69, 9.17) is 6.92 Å². The Morgan fingerprint density at radius 1 is 1.36 bits per heavy atom. The summed E-state index contributed by atoms with van der Waals surface area (Å²) in [5.74, 6) is 0.780. The Hall–Kier alpha value is -0.330. The quantitative estimate of drug-likeness (QED) is 0.538. The minimum absolute atomic E-state index is 0.278. The van der Waals surface area contributed by atoms with E-state index in [1.165, 1.54) is 0 Å². The molecule has 0 aliphatic heterocycles. The van der Waals surface area contributed by atoms with Crippen LogP contribution in [0.25, 0.3) is 0 Å². The Labute approximate surface area is 70.2 Å². The van der Waals surface area contributed by atoms with Crippen molar-refractivity contribution in [3.8, 4) is 0 Å². The number of rotatable bonds is 6. The third kappa shape index (κ3) is 5.00. The molecule has 0 fully saturated rings. The van der Waals surface area contributed by atoms with Gasteiger partial charge in [0.25, 0.3) is 0 Å². The molecule has 0 aliphatic rings. The highest BCUT2D eigenvalue weighted by Gasteiger charge is 2.09. The van der Waals surface area contributed by atoms with Gasteiger partial charge in [-0.1, -0.05) is 26.7 Å². The maximum absolute atomic E-state index is 10.2. The Morgan fingerprint density at radius 3 is 2.36 bits per heavy atom. The van der Waals surface area contributed by atoms with E-state index in [0.717, 1.165) is 25.5 Å². The Morgan fingerprint density at radius 2 is 2.00 bits per heavy atom. The van der Waals surface area contributed by atoms with Gasteiger partial charge in [-0.05, 0) is 25.2 Å². The number of carbonyl (C=O) groups excluding carboxylic acids is 1. The van der Waals surface area contributed by atoms with E-state index in [0.29, 0.717) is 12.3 Å². The van der Waals surface area contributed by atoms with Gasteiger partial charge >= 0.3 is 0 Å². The van der Waals surface area contributed by atoms with Gasteiger partial charge in [-0.3, -0.25) is 0 Å². The molecule has 0 amide bonds. The predicted octanol–water partition coefficient (Wildman–Crippen LogP) is 2.73. The van der Waals surface area contributed by atoms with Crippen molar-refractivity contribution in [3.63, 3.8) is 0 Å². The monoisotopic (exact) mass is 154 g/mol. The second-order valence-corrected chi connectivity index (χ2v) is 3.08. The van der Waals surface area contributed by atoms with E-state index >= 15 is 0 Å². The zero-order valence-electron chi connectivity index (χ0n) is 7.55. The highest BCUT2D eigenvalue weighted by Crippen LogP contribution is 2.19. The fraction of sp³-hybridized carbons (Fsp3) is 0.800. The van der Waals surface area contributed by atoms with E-state index in [1.54, 1.807) is 0 Å². The molecule has 2 radical (unpaired) electrons. The molecule has 1 heteroatoms. The van der Waals surface area contributed by atoms with Crippen molar-refractivity contribution >= 4 is 6.29 Å². The first-order valence-electron chi connectivity index (χ1n) is 4.43. The van der Waals surface area contributed by atoms with Crippen molar-refractivity contribution in [1.82, 2.24) is 0 Å². The van der Waals surface area contributed by atoms with Gasteiger partial charge in [0.2, 0.25) is 0 Å². The van der Waals surface area contributed by atoms with Gasteiger partial charge < -0.3 is 4.79 Å². The molecule has 0 aliphatic carbocycles. The van der Waals surface area contributed by atoms with Crippen molar-refractivity contribution in [1.29, 1.82) is 0 Å². The van der Waals surface area contributed by atoms with Crippen LogP contribution in [0.15, 0.2) is 0 Å². The smallest absolute Gasteiger partial charge is 0.120 e. The van der Waals surface area contributed by atoms with E-state index in [2.05, 4.69) is 13.8 Å². The summed E-state index contributed by atoms with van der Waals surface area (Å²) in [7, 11) is 0. The summed E-state index contributed by atoms with van der Waals surface area (Å²) in [6.07, 6.45) is 4.73. The fourth-order valence-corrected chi connectivity index (χ4v) is 1.16. The second-order valence-electron chi connectivity index (χ2n) is 3.08. The van der Waals surface area contributed by atoms with E-state index in [9.17, 15) is 4.79 Å². The normalized spacial score (nSPS) is 15.9. The molecule has 64 valence electrons. The lowest BCUT2D eigenvalue weighted by atomic mass is 9.90. The maximum Gasteiger partial charge on any atom is 0.120 e. The van der Waals surface area contributed by atoms with Gasteiger partial charge in [-0.2, -0.15) is 0 Å². The van der Waals surface area contributed by atoms with Gasteiger partial charge in [0.15, 0.2) is 0 Å². The molecule has 0 saturated carbocycles. The van der Waals surface area contributed by atoms with E-state index in [1.807, 2.05) is 0 Å². The molecule has 0 N–H and O–H groups in total. The van der Waals surface area contributed by atoms with Crippen LogP contribution in [0.3, 0.4) is 0 Å². The van der Waals surface area contributed by atoms with Crippen molar-refractivity contribution in [3.05, 3.63) is 6.92 Å². The first-order valence-corrected chi connectivity index (χ1v) is 4.43. The topological polar surface area (TPSA) is 17.1 Å². The van der Waals surface area contributed by atoms with Crippen molar-refractivity contribution in [2.45, 2.75) is 39.5 Å². The molecule has 0 spiro atoms. The van der Waals surface area contributed by atoms with Crippen LogP contribution >= 0.6 is 0 Å². The summed E-state index contributed by atoms with van der Waals surface area (Å²) in [6, 6.07) is 0. The van der Waals surface area contributed by atoms with Crippen LogP contribution in [-0.2, 0) is 4.79 Å². The van der Waals surface area contributed by atoms with Crippen LogP contribution in [0.5, 0.6) is 0 Å². The highest BCUT2D eigenvalue weighted by atomic mass is 16.1. The highest BCUT2D eigenvalue weighted by molar-refractivity contribution is 5.49. The number of aldehydes is 1. The first-order chi connectivity index (χ1) is 5.24. The first kappa shape index (κ1) is 10.7. The van der Waals surface area contributed by atoms with Gasteiger partial charge in [0.05, 0.1) is 0 Å². The molecule has 0 aromatic carbocycles. The SMILES string of the molecule is [CH]C(CC)CC(CC)CC=O. The summed E-state index contributed by atoms with van der Waals surface area (Å²) >= 11 is 0. The minimum atomic E-state index is 0.278. The third-order valence-corrected chi connectivity index (χ3v) is 2.17. The van der Waals surface area contributed by atoms with Crippen LogP contribution < -0.4 is 0 Å². The zero-order valence-corrected chi connectivity index (χ0v) is 7.55. The van der Waals surface area contributed by atoms with Crippen LogP contribution in [0.2, 0.25) is 0 Å². The van der Waals surface area contributed by atoms with E-state index in [-0.39, 0.29) is 5.92 Å². The number of hydrogen-bond donors (Lipinski definition) is 0. The summed E-state index contributed by atoms with van der Waals surface area (Å²) in [4.78, 5) is 10.2. The molecule has 0 heterocycles. The average molecular weight is 154 g/mol. The fourth-order valence-electron chi connectivity index (χ4n) is 1.16. The predicted molar refractivity (Wildman–Crippen MR) is 47.2 cm³/mol. The lowest BCUT2D eigenvalue weighted by Gasteiger charge is -2.15. The van der Waals surface area contributed by atoms with Crippen LogP contribution in [0.4, 0.5) is 0 Å². The zero-order chi connectivity index (χ0) is 8.69. The molecule has 2 atom stereocenters. The molecular formula is C10H18O. The molecule has 0 rings (SSSR count). The lowest BCUT2D eigenvalue weighted by molar-refractivity contribution is -0.108. The van der Waals surface area contributed by atoms with Crippen LogP contribution in [0.1, 0.15) is 39.5 Å². The third-order valence-electron chi connectivity index (χ3n) is 2.17. The molecule has 0 bridgehead atoms. The number of carbonyl (C=O) groups is 1. The Balaban J connectivity index is 3.57. The largest absolute Gasteiger partial charge is 0.303 e. The van der Waals surface area contributed by atoms with Gasteiger partial charge in [0, 0.05) is 6.42 Å². The van der Waals surface area contributed by atoms with Gasteiger partial charge in [-0.25, -0.2) is 0 Å². The molecule has 0 aromatic heterocycles. The van der Waals surface area contributed by atoms with Crippen LogP contribution in [-0.4, -0.2) is 6.29 Å². The van der Waals surface area contributed by atoms with Gasteiger partial charge in [0.1, 0.15) is 6.29 Å². The molecule has 2 unspecified atom stereocenters. The standard InChI is InChI=1S/C10H18O/c1-4-9(3)8-10(5-2)6-7-11/h3,7,9-10H,4-6,8H2,1-2H3. The summed E-state index contributed by atoms with van der Waals surface area (Å²) in [5.41, 5.74) is 0. The molecule has 11 heavy (non-hydrogen) atoms. The Kier molecular flexibility index (Phi) is 6.19.